The molecular formula is C27H42N2O5. The number of rotatable bonds is 11. The number of para-hydroxylation sites is 1. The van der Waals surface area contributed by atoms with Crippen molar-refractivity contribution in [2.75, 3.05) is 33.4 Å². The summed E-state index contributed by atoms with van der Waals surface area (Å²) in [5, 5.41) is 22.3. The number of hydrogen-bond acceptors (Lipinski definition) is 6. The van der Waals surface area contributed by atoms with Gasteiger partial charge in [0.15, 0.2) is 0 Å². The van der Waals surface area contributed by atoms with Crippen molar-refractivity contribution < 1.29 is 24.5 Å². The zero-order valence-electron chi connectivity index (χ0n) is 20.5. The summed E-state index contributed by atoms with van der Waals surface area (Å²) in [4.78, 5) is 15.2. The molecule has 7 heteroatoms. The monoisotopic (exact) mass is 474 g/mol. The molecule has 3 fully saturated rings. The van der Waals surface area contributed by atoms with Crippen LogP contribution in [-0.4, -0.2) is 66.6 Å². The van der Waals surface area contributed by atoms with Crippen LogP contribution >= 0.6 is 0 Å². The summed E-state index contributed by atoms with van der Waals surface area (Å²) in [5.74, 6) is 1.14. The largest absolute Gasteiger partial charge is 0.493 e. The minimum absolute atomic E-state index is 0.0664. The van der Waals surface area contributed by atoms with Gasteiger partial charge in [0.25, 0.3) is 0 Å². The summed E-state index contributed by atoms with van der Waals surface area (Å²) in [6.07, 6.45) is 6.78. The van der Waals surface area contributed by atoms with Gasteiger partial charge in [-0.15, -0.1) is 0 Å². The van der Waals surface area contributed by atoms with Crippen molar-refractivity contribution in [2.24, 2.45) is 23.5 Å². The number of amides is 1. The van der Waals surface area contributed by atoms with E-state index in [4.69, 9.17) is 15.2 Å². The number of nitrogens with two attached hydrogens (primary N) is 1. The Morgan fingerprint density at radius 2 is 2.00 bits per heavy atom. The van der Waals surface area contributed by atoms with Gasteiger partial charge in [0.05, 0.1) is 18.3 Å². The third kappa shape index (κ3) is 5.93. The lowest BCUT2D eigenvalue weighted by atomic mass is 9.73. The Morgan fingerprint density at radius 3 is 2.71 bits per heavy atom. The van der Waals surface area contributed by atoms with Gasteiger partial charge in [-0.05, 0) is 69.8 Å². The molecule has 1 heterocycles. The first-order valence-electron chi connectivity index (χ1n) is 13.1. The van der Waals surface area contributed by atoms with Gasteiger partial charge in [-0.3, -0.25) is 4.79 Å². The number of carbonyl (C=O) groups is 1. The normalized spacial score (nSPS) is 29.1. The highest BCUT2D eigenvalue weighted by molar-refractivity contribution is 5.79. The van der Waals surface area contributed by atoms with Gasteiger partial charge in [-0.2, -0.15) is 0 Å². The van der Waals surface area contributed by atoms with Gasteiger partial charge in [-0.1, -0.05) is 18.2 Å². The van der Waals surface area contributed by atoms with E-state index in [1.165, 1.54) is 12.8 Å². The number of methoxy groups -OCH3 is 1. The predicted octanol–water partition coefficient (Wildman–Crippen LogP) is 2.82. The molecule has 1 aliphatic heterocycles. The molecule has 1 aromatic rings. The van der Waals surface area contributed by atoms with Crippen molar-refractivity contribution in [1.29, 1.82) is 0 Å². The number of benzene rings is 1. The molecule has 1 saturated heterocycles. The highest BCUT2D eigenvalue weighted by Gasteiger charge is 2.44. The van der Waals surface area contributed by atoms with Gasteiger partial charge in [0, 0.05) is 50.2 Å². The fourth-order valence-electron chi connectivity index (χ4n) is 5.72. The summed E-state index contributed by atoms with van der Waals surface area (Å²) >= 11 is 0. The van der Waals surface area contributed by atoms with Crippen LogP contribution in [0.1, 0.15) is 63.4 Å². The number of aliphatic hydroxyl groups excluding tert-OH is 1. The summed E-state index contributed by atoms with van der Waals surface area (Å²) in [7, 11) is 1.70. The maximum absolute atomic E-state index is 13.3. The summed E-state index contributed by atoms with van der Waals surface area (Å²) in [6, 6.07) is 7.55. The molecule has 5 atom stereocenters. The Labute approximate surface area is 203 Å². The minimum atomic E-state index is -1.08. The van der Waals surface area contributed by atoms with Gasteiger partial charge in [0.2, 0.25) is 5.91 Å². The molecule has 2 aliphatic carbocycles. The van der Waals surface area contributed by atoms with Crippen LogP contribution in [0.3, 0.4) is 0 Å². The van der Waals surface area contributed by atoms with Crippen molar-refractivity contribution in [3.8, 4) is 5.75 Å². The van der Waals surface area contributed by atoms with E-state index < -0.39 is 11.7 Å². The predicted molar refractivity (Wildman–Crippen MR) is 130 cm³/mol. The van der Waals surface area contributed by atoms with E-state index >= 15 is 0 Å². The van der Waals surface area contributed by atoms with E-state index in [0.717, 1.165) is 37.0 Å². The van der Waals surface area contributed by atoms with Crippen molar-refractivity contribution >= 4 is 5.91 Å². The van der Waals surface area contributed by atoms with Gasteiger partial charge < -0.3 is 30.3 Å². The standard InChI is InChI=1S/C27H42N2O5/c1-33-14-5-4-12-27(32,22-8-2-3-9-25(22)34-18-19-10-11-19)21-7-6-13-29(17-21)26(31)20-15-23(28)24(30)16-20/h2-3,8-9,19-21,23-24,30,32H,4-7,10-18,28H2,1H3/t20-,21+,23+,24+,27+/m0/s1. The van der Waals surface area contributed by atoms with E-state index in [-0.39, 0.29) is 23.8 Å². The lowest BCUT2D eigenvalue weighted by Gasteiger charge is -2.44. The Morgan fingerprint density at radius 1 is 1.21 bits per heavy atom. The molecular weight excluding hydrogens is 432 g/mol. The van der Waals surface area contributed by atoms with Crippen molar-refractivity contribution in [3.05, 3.63) is 29.8 Å². The number of likely N-dealkylation sites (tertiary alicyclic amines) is 1. The van der Waals surface area contributed by atoms with Crippen LogP contribution in [0.2, 0.25) is 0 Å². The molecule has 7 nitrogen and oxygen atoms in total. The average Bonchev–Trinajstić information content (AvgIpc) is 3.63. The van der Waals surface area contributed by atoms with Gasteiger partial charge in [-0.25, -0.2) is 0 Å². The third-order valence-corrected chi connectivity index (χ3v) is 8.02. The fraction of sp³-hybridized carbons (Fsp3) is 0.741. The van der Waals surface area contributed by atoms with E-state index in [9.17, 15) is 15.0 Å². The molecule has 34 heavy (non-hydrogen) atoms. The van der Waals surface area contributed by atoms with Crippen molar-refractivity contribution in [1.82, 2.24) is 4.90 Å². The topological polar surface area (TPSA) is 105 Å². The Kier molecular flexibility index (Phi) is 8.51. The van der Waals surface area contributed by atoms with Gasteiger partial charge in [0.1, 0.15) is 5.75 Å². The second-order valence-corrected chi connectivity index (χ2v) is 10.6. The molecule has 190 valence electrons. The molecule has 1 amide bonds. The maximum atomic E-state index is 13.3. The van der Waals surface area contributed by atoms with E-state index in [1.807, 2.05) is 29.2 Å². The molecule has 0 unspecified atom stereocenters. The number of hydrogen-bond donors (Lipinski definition) is 3. The first-order valence-corrected chi connectivity index (χ1v) is 13.1. The molecule has 0 bridgehead atoms. The van der Waals surface area contributed by atoms with E-state index in [1.54, 1.807) is 7.11 Å². The molecule has 0 spiro atoms. The Hall–Kier alpha value is -1.67. The third-order valence-electron chi connectivity index (χ3n) is 8.02. The SMILES string of the molecule is COCCCC[C@](O)(c1ccccc1OCC1CC1)[C@@H]1CCCN(C(=O)[C@H]2C[C@@H](N)[C@H](O)C2)C1. The smallest absolute Gasteiger partial charge is 0.225 e. The second-order valence-electron chi connectivity index (χ2n) is 10.6. The minimum Gasteiger partial charge on any atom is -0.493 e. The molecule has 0 radical (unpaired) electrons. The van der Waals surface area contributed by atoms with Crippen LogP contribution in [0.5, 0.6) is 5.75 Å². The van der Waals surface area contributed by atoms with E-state index in [0.29, 0.717) is 51.5 Å². The number of piperidine rings is 1. The Balaban J connectivity index is 1.53. The average molecular weight is 475 g/mol. The van der Waals surface area contributed by atoms with E-state index in [2.05, 4.69) is 0 Å². The van der Waals surface area contributed by atoms with Crippen LogP contribution in [-0.2, 0) is 15.1 Å². The van der Waals surface area contributed by atoms with Crippen LogP contribution in [0.25, 0.3) is 0 Å². The highest BCUT2D eigenvalue weighted by Crippen LogP contribution is 2.44. The molecule has 3 aliphatic rings. The molecule has 2 saturated carbocycles. The first-order chi connectivity index (χ1) is 16.4. The maximum Gasteiger partial charge on any atom is 0.225 e. The van der Waals surface area contributed by atoms with Crippen LogP contribution in [0, 0.1) is 17.8 Å². The summed E-state index contributed by atoms with van der Waals surface area (Å²) in [5.41, 5.74) is 5.73. The fourth-order valence-corrected chi connectivity index (χ4v) is 5.72. The van der Waals surface area contributed by atoms with Crippen LogP contribution < -0.4 is 10.5 Å². The second kappa shape index (κ2) is 11.4. The van der Waals surface area contributed by atoms with Crippen molar-refractivity contribution in [2.45, 2.75) is 75.5 Å². The molecule has 4 N–H and O–H groups in total. The summed E-state index contributed by atoms with van der Waals surface area (Å²) < 4.78 is 11.4. The molecule has 0 aromatic heterocycles. The number of unbranched alkanes of at least 4 members (excludes halogenated alkanes) is 1. The first kappa shape index (κ1) is 25.4. The number of aliphatic hydroxyl groups is 2. The molecule has 1 aromatic carbocycles. The Bertz CT molecular complexity index is 806. The van der Waals surface area contributed by atoms with Crippen LogP contribution in [0.15, 0.2) is 24.3 Å². The quantitative estimate of drug-likeness (QED) is 0.426. The zero-order chi connectivity index (χ0) is 24.1. The number of nitrogens with zero attached hydrogens (tertiary/aromatic N) is 1. The lowest BCUT2D eigenvalue weighted by molar-refractivity contribution is -0.141. The number of carbonyl (C=O) groups excluding carboxylic acids is 1. The lowest BCUT2D eigenvalue weighted by Crippen LogP contribution is -2.49. The summed E-state index contributed by atoms with van der Waals surface area (Å²) in [6.45, 7) is 2.56. The molecule has 4 rings (SSSR count). The van der Waals surface area contributed by atoms with Gasteiger partial charge >= 0.3 is 0 Å². The van der Waals surface area contributed by atoms with Crippen molar-refractivity contribution in [3.63, 3.8) is 0 Å². The highest BCUT2D eigenvalue weighted by atomic mass is 16.5. The van der Waals surface area contributed by atoms with Crippen LogP contribution in [0.4, 0.5) is 0 Å². The zero-order valence-corrected chi connectivity index (χ0v) is 20.5. The number of ether oxygens (including phenoxy) is 2.